The number of aryl methyl sites for hydroxylation is 1. The lowest BCUT2D eigenvalue weighted by Crippen LogP contribution is -2.41. The second-order valence-corrected chi connectivity index (χ2v) is 7.75. The third kappa shape index (κ3) is 3.25. The van der Waals surface area contributed by atoms with Crippen molar-refractivity contribution >= 4 is 11.3 Å². The van der Waals surface area contributed by atoms with E-state index in [1.54, 1.807) is 0 Å². The largest absolute Gasteiger partial charge is 0.326 e. The van der Waals surface area contributed by atoms with Gasteiger partial charge in [-0.1, -0.05) is 13.8 Å². The first-order chi connectivity index (χ1) is 9.43. The Morgan fingerprint density at radius 2 is 2.10 bits per heavy atom. The Bertz CT molecular complexity index is 429. The molecule has 0 bridgehead atoms. The van der Waals surface area contributed by atoms with Crippen LogP contribution in [0.25, 0.3) is 0 Å². The third-order valence-corrected chi connectivity index (χ3v) is 5.66. The highest BCUT2D eigenvalue weighted by atomic mass is 32.1. The molecule has 4 heteroatoms. The zero-order chi connectivity index (χ0) is 14.9. The summed E-state index contributed by atoms with van der Waals surface area (Å²) in [6.07, 6.45) is 1.03. The normalized spacial score (nSPS) is 27.1. The number of hydrogen-bond donors (Lipinski definition) is 1. The summed E-state index contributed by atoms with van der Waals surface area (Å²) in [7, 11) is 4.38. The molecule has 4 unspecified atom stereocenters. The summed E-state index contributed by atoms with van der Waals surface area (Å²) in [5.74, 6) is 0.706. The van der Waals surface area contributed by atoms with Gasteiger partial charge in [0.05, 0.1) is 6.04 Å². The van der Waals surface area contributed by atoms with Crippen molar-refractivity contribution in [2.45, 2.75) is 45.3 Å². The Morgan fingerprint density at radius 3 is 2.55 bits per heavy atom. The van der Waals surface area contributed by atoms with Gasteiger partial charge in [-0.25, -0.2) is 0 Å². The summed E-state index contributed by atoms with van der Waals surface area (Å²) in [6, 6.07) is 5.74. The maximum Gasteiger partial charge on any atom is 0.0594 e. The Balaban J connectivity index is 2.20. The quantitative estimate of drug-likeness (QED) is 0.906. The minimum atomic E-state index is 0.223. The lowest BCUT2D eigenvalue weighted by atomic mass is 10.0. The topological polar surface area (TPSA) is 32.5 Å². The van der Waals surface area contributed by atoms with Crippen LogP contribution in [-0.2, 0) is 0 Å². The van der Waals surface area contributed by atoms with Crippen LogP contribution < -0.4 is 5.73 Å². The molecule has 1 aliphatic heterocycles. The van der Waals surface area contributed by atoms with Crippen LogP contribution in [0.2, 0.25) is 0 Å². The van der Waals surface area contributed by atoms with Gasteiger partial charge < -0.3 is 10.6 Å². The smallest absolute Gasteiger partial charge is 0.0594 e. The first-order valence-corrected chi connectivity index (χ1v) is 8.48. The predicted molar refractivity (Wildman–Crippen MR) is 88.3 cm³/mol. The molecule has 0 aliphatic carbocycles. The highest BCUT2D eigenvalue weighted by Gasteiger charge is 2.37. The van der Waals surface area contributed by atoms with Gasteiger partial charge in [-0.15, -0.1) is 11.3 Å². The summed E-state index contributed by atoms with van der Waals surface area (Å²) in [4.78, 5) is 7.78. The fourth-order valence-corrected chi connectivity index (χ4v) is 4.47. The lowest BCUT2D eigenvalue weighted by molar-refractivity contribution is 0.192. The highest BCUT2D eigenvalue weighted by Crippen LogP contribution is 2.35. The van der Waals surface area contributed by atoms with Crippen molar-refractivity contribution in [3.8, 4) is 0 Å². The number of likely N-dealkylation sites (N-methyl/N-ethyl adjacent to an activating group) is 1. The summed E-state index contributed by atoms with van der Waals surface area (Å²) in [5.41, 5.74) is 6.46. The average Bonchev–Trinajstić information content (AvgIpc) is 2.96. The van der Waals surface area contributed by atoms with Gasteiger partial charge in [0, 0.05) is 34.9 Å². The van der Waals surface area contributed by atoms with E-state index in [2.05, 4.69) is 56.8 Å². The molecule has 4 atom stereocenters. The van der Waals surface area contributed by atoms with Crippen LogP contribution in [0.4, 0.5) is 0 Å². The number of thiophene rings is 1. The fraction of sp³-hybridized carbons (Fsp3) is 0.750. The molecule has 1 fully saturated rings. The van der Waals surface area contributed by atoms with Gasteiger partial charge in [-0.05, 0) is 45.5 Å². The van der Waals surface area contributed by atoms with Crippen molar-refractivity contribution in [1.82, 2.24) is 9.80 Å². The van der Waals surface area contributed by atoms with Crippen LogP contribution >= 0.6 is 11.3 Å². The van der Waals surface area contributed by atoms with E-state index in [0.717, 1.165) is 19.5 Å². The molecule has 114 valence electrons. The number of likely N-dealkylation sites (tertiary alicyclic amines) is 1. The number of nitrogens with zero attached hydrogens (tertiary/aromatic N) is 2. The second-order valence-electron chi connectivity index (χ2n) is 6.43. The van der Waals surface area contributed by atoms with Gasteiger partial charge in [0.1, 0.15) is 0 Å². The number of hydrogen-bond acceptors (Lipinski definition) is 4. The monoisotopic (exact) mass is 295 g/mol. The summed E-state index contributed by atoms with van der Waals surface area (Å²) >= 11 is 1.90. The van der Waals surface area contributed by atoms with Crippen LogP contribution in [-0.4, -0.2) is 49.1 Å². The third-order valence-electron chi connectivity index (χ3n) is 4.59. The van der Waals surface area contributed by atoms with Gasteiger partial charge in [-0.2, -0.15) is 0 Å². The molecule has 3 nitrogen and oxygen atoms in total. The molecule has 0 saturated carbocycles. The first-order valence-electron chi connectivity index (χ1n) is 7.66. The SMILES string of the molecule is CCC(N)C(c1ccc(C)s1)N1CC(C)C(N(C)C)C1. The molecule has 20 heavy (non-hydrogen) atoms. The van der Waals surface area contributed by atoms with Crippen LogP contribution in [0.1, 0.15) is 36.1 Å². The molecule has 1 aromatic rings. The standard InChI is InChI=1S/C16H29N3S/c1-6-13(17)16(15-8-7-12(3)20-15)19-9-11(2)14(10-19)18(4)5/h7-8,11,13-14,16H,6,9-10,17H2,1-5H3. The van der Waals surface area contributed by atoms with E-state index in [0.29, 0.717) is 18.0 Å². The van der Waals surface area contributed by atoms with Crippen molar-refractivity contribution in [3.05, 3.63) is 21.9 Å². The van der Waals surface area contributed by atoms with Crippen LogP contribution in [0.3, 0.4) is 0 Å². The van der Waals surface area contributed by atoms with Gasteiger partial charge in [0.15, 0.2) is 0 Å². The maximum atomic E-state index is 6.46. The molecule has 1 saturated heterocycles. The van der Waals surface area contributed by atoms with Crippen molar-refractivity contribution in [2.24, 2.45) is 11.7 Å². The second kappa shape index (κ2) is 6.56. The van der Waals surface area contributed by atoms with E-state index in [-0.39, 0.29) is 6.04 Å². The Labute approximate surface area is 127 Å². The van der Waals surface area contributed by atoms with E-state index in [1.165, 1.54) is 9.75 Å². The van der Waals surface area contributed by atoms with E-state index in [4.69, 9.17) is 5.73 Å². The van der Waals surface area contributed by atoms with Crippen molar-refractivity contribution in [1.29, 1.82) is 0 Å². The molecule has 2 heterocycles. The Morgan fingerprint density at radius 1 is 1.40 bits per heavy atom. The van der Waals surface area contributed by atoms with Crippen molar-refractivity contribution in [2.75, 3.05) is 27.2 Å². The van der Waals surface area contributed by atoms with Crippen molar-refractivity contribution < 1.29 is 0 Å². The molecular weight excluding hydrogens is 266 g/mol. The average molecular weight is 295 g/mol. The minimum Gasteiger partial charge on any atom is -0.326 e. The lowest BCUT2D eigenvalue weighted by Gasteiger charge is -2.32. The molecule has 0 aromatic carbocycles. The van der Waals surface area contributed by atoms with Gasteiger partial charge >= 0.3 is 0 Å². The van der Waals surface area contributed by atoms with Gasteiger partial charge in [0.2, 0.25) is 0 Å². The summed E-state index contributed by atoms with van der Waals surface area (Å²) in [6.45, 7) is 9.01. The Hall–Kier alpha value is -0.420. The highest BCUT2D eigenvalue weighted by molar-refractivity contribution is 7.12. The summed E-state index contributed by atoms with van der Waals surface area (Å²) < 4.78 is 0. The van der Waals surface area contributed by atoms with Gasteiger partial charge in [0.25, 0.3) is 0 Å². The number of nitrogens with two attached hydrogens (primary N) is 1. The maximum absolute atomic E-state index is 6.46. The van der Waals surface area contributed by atoms with E-state index >= 15 is 0 Å². The first kappa shape index (κ1) is 16.0. The Kier molecular flexibility index (Phi) is 5.24. The number of rotatable bonds is 5. The molecule has 1 aliphatic rings. The molecule has 1 aromatic heterocycles. The van der Waals surface area contributed by atoms with E-state index in [9.17, 15) is 0 Å². The van der Waals surface area contributed by atoms with Crippen LogP contribution in [0.15, 0.2) is 12.1 Å². The van der Waals surface area contributed by atoms with E-state index in [1.807, 2.05) is 11.3 Å². The molecule has 0 radical (unpaired) electrons. The zero-order valence-electron chi connectivity index (χ0n) is 13.5. The fourth-order valence-electron chi connectivity index (χ4n) is 3.38. The van der Waals surface area contributed by atoms with Crippen LogP contribution in [0, 0.1) is 12.8 Å². The molecular formula is C16H29N3S. The molecule has 2 N–H and O–H groups in total. The van der Waals surface area contributed by atoms with Crippen LogP contribution in [0.5, 0.6) is 0 Å². The molecule has 0 amide bonds. The van der Waals surface area contributed by atoms with Crippen molar-refractivity contribution in [3.63, 3.8) is 0 Å². The molecule has 0 spiro atoms. The molecule has 2 rings (SSSR count). The van der Waals surface area contributed by atoms with E-state index < -0.39 is 0 Å². The summed E-state index contributed by atoms with van der Waals surface area (Å²) in [5, 5.41) is 0. The minimum absolute atomic E-state index is 0.223. The zero-order valence-corrected chi connectivity index (χ0v) is 14.3. The van der Waals surface area contributed by atoms with Gasteiger partial charge in [-0.3, -0.25) is 4.90 Å². The predicted octanol–water partition coefficient (Wildman–Crippen LogP) is 2.72.